The van der Waals surface area contributed by atoms with E-state index in [1.54, 1.807) is 0 Å². The van der Waals surface area contributed by atoms with E-state index in [0.29, 0.717) is 0 Å². The van der Waals surface area contributed by atoms with Crippen LogP contribution in [0.3, 0.4) is 0 Å². The molecule has 2 heteroatoms. The largest absolute Gasteiger partial charge is 0.457 e. The van der Waals surface area contributed by atoms with Crippen molar-refractivity contribution in [3.63, 3.8) is 0 Å². The topological polar surface area (TPSA) is 9.23 Å². The normalized spacial score (nSPS) is 10.2. The van der Waals surface area contributed by atoms with Crippen LogP contribution in [0.5, 0.6) is 11.5 Å². The minimum absolute atomic E-state index is 0.827. The highest BCUT2D eigenvalue weighted by molar-refractivity contribution is 7.80. The molecule has 0 aliphatic carbocycles. The Bertz CT molecular complexity index is 459. The predicted molar refractivity (Wildman–Crippen MR) is 73.9 cm³/mol. The van der Waals surface area contributed by atoms with E-state index in [9.17, 15) is 0 Å². The molecule has 2 aromatic carbocycles. The van der Waals surface area contributed by atoms with Crippen LogP contribution in [0.4, 0.5) is 0 Å². The van der Waals surface area contributed by atoms with E-state index < -0.39 is 0 Å². The molecule has 0 aromatic heterocycles. The summed E-state index contributed by atoms with van der Waals surface area (Å²) in [4.78, 5) is 0.933. The van der Waals surface area contributed by atoms with E-state index in [2.05, 4.69) is 31.7 Å². The first kappa shape index (κ1) is 12.1. The fourth-order valence-electron chi connectivity index (χ4n) is 1.58. The number of benzene rings is 2. The Morgan fingerprint density at radius 1 is 0.882 bits per heavy atom. The summed E-state index contributed by atoms with van der Waals surface area (Å²) in [7, 11) is 0. The highest BCUT2D eigenvalue weighted by Gasteiger charge is 1.97. The van der Waals surface area contributed by atoms with Gasteiger partial charge in [0.2, 0.25) is 0 Å². The summed E-state index contributed by atoms with van der Waals surface area (Å²) in [6, 6.07) is 15.8. The van der Waals surface area contributed by atoms with Crippen molar-refractivity contribution in [2.75, 3.05) is 0 Å². The van der Waals surface area contributed by atoms with E-state index in [1.165, 1.54) is 5.56 Å². The molecule has 0 saturated carbocycles. The van der Waals surface area contributed by atoms with Crippen molar-refractivity contribution in [3.8, 4) is 11.5 Å². The summed E-state index contributed by atoms with van der Waals surface area (Å²) in [5.74, 6) is 1.68. The van der Waals surface area contributed by atoms with E-state index in [1.807, 2.05) is 36.4 Å². The van der Waals surface area contributed by atoms with E-state index in [4.69, 9.17) is 4.74 Å². The third-order valence-corrected chi connectivity index (χ3v) is 2.76. The summed E-state index contributed by atoms with van der Waals surface area (Å²) in [5, 5.41) is 0. The molecule has 0 heterocycles. The maximum absolute atomic E-state index is 5.72. The zero-order valence-electron chi connectivity index (χ0n) is 9.60. The molecule has 2 rings (SSSR count). The summed E-state index contributed by atoms with van der Waals surface area (Å²) >= 11 is 4.23. The molecule has 2 aromatic rings. The molecule has 0 atom stereocenters. The Kier molecular flexibility index (Phi) is 4.10. The smallest absolute Gasteiger partial charge is 0.127 e. The van der Waals surface area contributed by atoms with Crippen LogP contribution in [0, 0.1) is 6.92 Å². The van der Waals surface area contributed by atoms with E-state index in [-0.39, 0.29) is 0 Å². The average Bonchev–Trinajstić information content (AvgIpc) is 2.35. The van der Waals surface area contributed by atoms with E-state index >= 15 is 0 Å². The molecule has 0 fully saturated rings. The molecule has 0 spiro atoms. The molecule has 0 aliphatic heterocycles. The van der Waals surface area contributed by atoms with Gasteiger partial charge in [0.15, 0.2) is 0 Å². The van der Waals surface area contributed by atoms with Crippen molar-refractivity contribution in [2.24, 2.45) is 0 Å². The number of ether oxygens (including phenoxy) is 1. The molecular weight excluding hydrogens is 228 g/mol. The molecular formula is C15H15OS. The van der Waals surface area contributed by atoms with Crippen LogP contribution in [0.1, 0.15) is 12.0 Å². The first-order valence-electron chi connectivity index (χ1n) is 5.63. The second-order valence-corrected chi connectivity index (χ2v) is 4.36. The molecule has 1 radical (unpaired) electrons. The van der Waals surface area contributed by atoms with Gasteiger partial charge in [0.25, 0.3) is 0 Å². The highest BCUT2D eigenvalue weighted by atomic mass is 32.1. The van der Waals surface area contributed by atoms with Gasteiger partial charge in [0.05, 0.1) is 0 Å². The lowest BCUT2D eigenvalue weighted by atomic mass is 10.1. The van der Waals surface area contributed by atoms with Gasteiger partial charge < -0.3 is 4.74 Å². The minimum atomic E-state index is 0.827. The monoisotopic (exact) mass is 243 g/mol. The second-order valence-electron chi connectivity index (χ2n) is 3.84. The lowest BCUT2D eigenvalue weighted by Crippen LogP contribution is -1.86. The molecule has 0 N–H and O–H groups in total. The Balaban J connectivity index is 2.05. The summed E-state index contributed by atoms with van der Waals surface area (Å²) in [6.07, 6.45) is 1.93. The van der Waals surface area contributed by atoms with Gasteiger partial charge in [-0.15, -0.1) is 12.6 Å². The Hall–Kier alpha value is -1.41. The third kappa shape index (κ3) is 3.53. The van der Waals surface area contributed by atoms with E-state index in [0.717, 1.165) is 29.2 Å². The number of aryl methyl sites for hydroxylation is 1. The molecule has 0 aliphatic rings. The molecule has 0 bridgehead atoms. The van der Waals surface area contributed by atoms with Crippen molar-refractivity contribution >= 4 is 12.6 Å². The van der Waals surface area contributed by atoms with Crippen LogP contribution < -0.4 is 4.74 Å². The van der Waals surface area contributed by atoms with Crippen LogP contribution in [0.15, 0.2) is 53.4 Å². The summed E-state index contributed by atoms with van der Waals surface area (Å²) in [6.45, 7) is 3.84. The van der Waals surface area contributed by atoms with Gasteiger partial charge in [-0.25, -0.2) is 0 Å². The van der Waals surface area contributed by atoms with Gasteiger partial charge in [-0.05, 0) is 54.8 Å². The first-order valence-corrected chi connectivity index (χ1v) is 6.08. The zero-order valence-corrected chi connectivity index (χ0v) is 10.5. The first-order chi connectivity index (χ1) is 8.28. The molecule has 0 amide bonds. The molecule has 0 saturated heterocycles. The SMILES string of the molecule is [CH2]CCc1ccc(Oc2ccc(S)cc2)cc1. The summed E-state index contributed by atoms with van der Waals surface area (Å²) < 4.78 is 5.72. The van der Waals surface area contributed by atoms with Crippen LogP contribution in [0.2, 0.25) is 0 Å². The lowest BCUT2D eigenvalue weighted by Gasteiger charge is -2.06. The standard InChI is InChI=1S/C15H15OS/c1-2-3-12-4-6-13(7-5-12)16-14-8-10-15(17)11-9-14/h4-11,17H,1-3H2. The van der Waals surface area contributed by atoms with Crippen molar-refractivity contribution < 1.29 is 4.74 Å². The summed E-state index contributed by atoms with van der Waals surface area (Å²) in [5.41, 5.74) is 1.29. The lowest BCUT2D eigenvalue weighted by molar-refractivity contribution is 0.482. The molecule has 0 unspecified atom stereocenters. The third-order valence-electron chi connectivity index (χ3n) is 2.46. The van der Waals surface area contributed by atoms with Crippen LogP contribution >= 0.6 is 12.6 Å². The van der Waals surface area contributed by atoms with Crippen molar-refractivity contribution in [1.29, 1.82) is 0 Å². The number of hydrogen-bond donors (Lipinski definition) is 1. The van der Waals surface area contributed by atoms with Crippen LogP contribution in [-0.4, -0.2) is 0 Å². The van der Waals surface area contributed by atoms with Gasteiger partial charge >= 0.3 is 0 Å². The predicted octanol–water partition coefficient (Wildman–Crippen LogP) is 4.53. The Morgan fingerprint density at radius 3 is 1.94 bits per heavy atom. The number of thiol groups is 1. The van der Waals surface area contributed by atoms with Crippen molar-refractivity contribution in [1.82, 2.24) is 0 Å². The maximum atomic E-state index is 5.72. The van der Waals surface area contributed by atoms with Gasteiger partial charge in [-0.1, -0.05) is 19.1 Å². The van der Waals surface area contributed by atoms with Crippen molar-refractivity contribution in [3.05, 3.63) is 61.0 Å². The fraction of sp³-hybridized carbons (Fsp3) is 0.133. The number of hydrogen-bond acceptors (Lipinski definition) is 2. The molecule has 87 valence electrons. The van der Waals surface area contributed by atoms with Crippen LogP contribution in [-0.2, 0) is 6.42 Å². The minimum Gasteiger partial charge on any atom is -0.457 e. The van der Waals surface area contributed by atoms with Crippen molar-refractivity contribution in [2.45, 2.75) is 17.7 Å². The molecule has 17 heavy (non-hydrogen) atoms. The maximum Gasteiger partial charge on any atom is 0.127 e. The van der Waals surface area contributed by atoms with Gasteiger partial charge in [-0.3, -0.25) is 0 Å². The number of rotatable bonds is 4. The Labute approximate surface area is 108 Å². The van der Waals surface area contributed by atoms with Gasteiger partial charge in [0.1, 0.15) is 11.5 Å². The van der Waals surface area contributed by atoms with Crippen LogP contribution in [0.25, 0.3) is 0 Å². The van der Waals surface area contributed by atoms with Gasteiger partial charge in [0, 0.05) is 4.90 Å². The average molecular weight is 243 g/mol. The molecule has 1 nitrogen and oxygen atoms in total. The zero-order chi connectivity index (χ0) is 12.1. The second kappa shape index (κ2) is 5.78. The fourth-order valence-corrected chi connectivity index (χ4v) is 1.73. The van der Waals surface area contributed by atoms with Gasteiger partial charge in [-0.2, -0.15) is 0 Å². The Morgan fingerprint density at radius 2 is 1.41 bits per heavy atom. The quantitative estimate of drug-likeness (QED) is 0.776. The highest BCUT2D eigenvalue weighted by Crippen LogP contribution is 2.23.